The van der Waals surface area contributed by atoms with E-state index in [0.29, 0.717) is 19.4 Å². The van der Waals surface area contributed by atoms with Crippen molar-refractivity contribution in [3.63, 3.8) is 0 Å². The van der Waals surface area contributed by atoms with Crippen LogP contribution in [0.2, 0.25) is 0 Å². The Morgan fingerprint density at radius 2 is 2.33 bits per heavy atom. The van der Waals surface area contributed by atoms with E-state index in [0.717, 1.165) is 5.56 Å². The van der Waals surface area contributed by atoms with Crippen molar-refractivity contribution in [2.24, 2.45) is 5.73 Å². The molecule has 0 aromatic carbocycles. The molecule has 1 rings (SSSR count). The highest BCUT2D eigenvalue weighted by Crippen LogP contribution is 2.07. The van der Waals surface area contributed by atoms with Gasteiger partial charge in [0.25, 0.3) is 0 Å². The molecule has 84 valence electrons. The zero-order valence-electron chi connectivity index (χ0n) is 9.25. The number of rotatable bonds is 5. The molecule has 0 unspecified atom stereocenters. The average Bonchev–Trinajstić information content (AvgIpc) is 2.62. The van der Waals surface area contributed by atoms with Gasteiger partial charge in [-0.25, -0.2) is 0 Å². The Labute approximate surface area is 89.8 Å². The van der Waals surface area contributed by atoms with Crippen molar-refractivity contribution in [1.82, 2.24) is 5.32 Å². The van der Waals surface area contributed by atoms with E-state index in [2.05, 4.69) is 5.32 Å². The van der Waals surface area contributed by atoms with Gasteiger partial charge < -0.3 is 15.5 Å². The lowest BCUT2D eigenvalue weighted by molar-refractivity contribution is -0.121. The fourth-order valence-electron chi connectivity index (χ4n) is 1.12. The summed E-state index contributed by atoms with van der Waals surface area (Å²) in [5.74, 6) is 0.0229. The number of hydrogen-bond acceptors (Lipinski definition) is 3. The Kier molecular flexibility index (Phi) is 3.91. The second-order valence-corrected chi connectivity index (χ2v) is 4.40. The van der Waals surface area contributed by atoms with E-state index in [9.17, 15) is 4.79 Å². The second kappa shape index (κ2) is 4.98. The molecular weight excluding hydrogens is 192 g/mol. The van der Waals surface area contributed by atoms with Gasteiger partial charge in [-0.15, -0.1) is 0 Å². The van der Waals surface area contributed by atoms with Crippen molar-refractivity contribution in [2.75, 3.05) is 0 Å². The standard InChI is InChI=1S/C11H18N2O2/c1-11(2,12)5-3-10(14)13-7-9-4-6-15-8-9/h4,6,8H,3,5,7,12H2,1-2H3,(H,13,14). The first kappa shape index (κ1) is 11.8. The fraction of sp³-hybridized carbons (Fsp3) is 0.545. The molecule has 3 N–H and O–H groups in total. The molecule has 4 heteroatoms. The van der Waals surface area contributed by atoms with Crippen molar-refractivity contribution < 1.29 is 9.21 Å². The third-order valence-electron chi connectivity index (χ3n) is 2.07. The molecule has 4 nitrogen and oxygen atoms in total. The molecule has 0 atom stereocenters. The van der Waals surface area contributed by atoms with Crippen LogP contribution in [-0.4, -0.2) is 11.4 Å². The number of nitrogens with two attached hydrogens (primary N) is 1. The Hall–Kier alpha value is -1.29. The summed E-state index contributed by atoms with van der Waals surface area (Å²) < 4.78 is 4.89. The summed E-state index contributed by atoms with van der Waals surface area (Å²) in [5.41, 5.74) is 6.46. The van der Waals surface area contributed by atoms with Gasteiger partial charge >= 0.3 is 0 Å². The number of carbonyl (C=O) groups is 1. The number of furan rings is 1. The molecule has 0 spiro atoms. The minimum atomic E-state index is -0.285. The van der Waals surface area contributed by atoms with Crippen LogP contribution >= 0.6 is 0 Å². The van der Waals surface area contributed by atoms with Crippen LogP contribution in [0, 0.1) is 0 Å². The van der Waals surface area contributed by atoms with Crippen molar-refractivity contribution in [3.8, 4) is 0 Å². The summed E-state index contributed by atoms with van der Waals surface area (Å²) in [6, 6.07) is 1.83. The summed E-state index contributed by atoms with van der Waals surface area (Å²) in [7, 11) is 0. The third-order valence-corrected chi connectivity index (χ3v) is 2.07. The highest BCUT2D eigenvalue weighted by molar-refractivity contribution is 5.75. The van der Waals surface area contributed by atoms with Gasteiger partial charge in [-0.2, -0.15) is 0 Å². The van der Waals surface area contributed by atoms with Gasteiger partial charge in [0.05, 0.1) is 12.5 Å². The lowest BCUT2D eigenvalue weighted by atomic mass is 10.00. The molecule has 0 saturated heterocycles. The van der Waals surface area contributed by atoms with Gasteiger partial charge in [-0.3, -0.25) is 4.79 Å². The quantitative estimate of drug-likeness (QED) is 0.772. The molecular formula is C11H18N2O2. The monoisotopic (exact) mass is 210 g/mol. The van der Waals surface area contributed by atoms with E-state index in [1.54, 1.807) is 12.5 Å². The highest BCUT2D eigenvalue weighted by Gasteiger charge is 2.12. The van der Waals surface area contributed by atoms with Gasteiger partial charge in [-0.05, 0) is 26.3 Å². The Bertz CT molecular complexity index is 299. The van der Waals surface area contributed by atoms with Crippen molar-refractivity contribution in [2.45, 2.75) is 38.8 Å². The molecule has 1 aromatic rings. The maximum atomic E-state index is 11.4. The topological polar surface area (TPSA) is 68.3 Å². The minimum absolute atomic E-state index is 0.0229. The van der Waals surface area contributed by atoms with Crippen molar-refractivity contribution in [1.29, 1.82) is 0 Å². The molecule has 0 bridgehead atoms. The summed E-state index contributed by atoms with van der Waals surface area (Å²) in [6.07, 6.45) is 4.35. The first-order valence-electron chi connectivity index (χ1n) is 5.04. The summed E-state index contributed by atoms with van der Waals surface area (Å²) in [4.78, 5) is 11.4. The Morgan fingerprint density at radius 3 is 2.87 bits per heavy atom. The van der Waals surface area contributed by atoms with Crippen LogP contribution in [-0.2, 0) is 11.3 Å². The summed E-state index contributed by atoms with van der Waals surface area (Å²) in [5, 5.41) is 2.80. The van der Waals surface area contributed by atoms with E-state index >= 15 is 0 Å². The summed E-state index contributed by atoms with van der Waals surface area (Å²) in [6.45, 7) is 4.34. The molecule has 0 aliphatic rings. The molecule has 1 amide bonds. The van der Waals surface area contributed by atoms with E-state index in [-0.39, 0.29) is 11.4 Å². The van der Waals surface area contributed by atoms with Gasteiger partial charge in [0.15, 0.2) is 0 Å². The summed E-state index contributed by atoms with van der Waals surface area (Å²) >= 11 is 0. The SMILES string of the molecule is CC(C)(N)CCC(=O)NCc1ccoc1. The fourth-order valence-corrected chi connectivity index (χ4v) is 1.12. The minimum Gasteiger partial charge on any atom is -0.472 e. The molecule has 1 aromatic heterocycles. The van der Waals surface area contributed by atoms with Crippen LogP contribution in [0.15, 0.2) is 23.0 Å². The lowest BCUT2D eigenvalue weighted by Gasteiger charge is -2.17. The molecule has 0 aliphatic heterocycles. The zero-order chi connectivity index (χ0) is 11.3. The number of carbonyl (C=O) groups excluding carboxylic acids is 1. The molecule has 15 heavy (non-hydrogen) atoms. The van der Waals surface area contributed by atoms with Crippen LogP contribution in [0.1, 0.15) is 32.3 Å². The lowest BCUT2D eigenvalue weighted by Crippen LogP contribution is -2.34. The van der Waals surface area contributed by atoms with Gasteiger partial charge in [-0.1, -0.05) is 0 Å². The van der Waals surface area contributed by atoms with Crippen LogP contribution in [0.4, 0.5) is 0 Å². The van der Waals surface area contributed by atoms with E-state index in [4.69, 9.17) is 10.2 Å². The van der Waals surface area contributed by atoms with E-state index < -0.39 is 0 Å². The van der Waals surface area contributed by atoms with E-state index in [1.165, 1.54) is 0 Å². The molecule has 0 fully saturated rings. The van der Waals surface area contributed by atoms with Crippen molar-refractivity contribution >= 4 is 5.91 Å². The van der Waals surface area contributed by atoms with Crippen LogP contribution in [0.3, 0.4) is 0 Å². The maximum Gasteiger partial charge on any atom is 0.220 e. The normalized spacial score (nSPS) is 11.4. The first-order chi connectivity index (χ1) is 6.97. The molecule has 1 heterocycles. The number of nitrogens with one attached hydrogen (secondary N) is 1. The largest absolute Gasteiger partial charge is 0.472 e. The maximum absolute atomic E-state index is 11.4. The van der Waals surface area contributed by atoms with Gasteiger partial charge in [0.2, 0.25) is 5.91 Å². The molecule has 0 radical (unpaired) electrons. The molecule has 0 saturated carbocycles. The highest BCUT2D eigenvalue weighted by atomic mass is 16.3. The smallest absolute Gasteiger partial charge is 0.220 e. The first-order valence-corrected chi connectivity index (χ1v) is 5.04. The second-order valence-electron chi connectivity index (χ2n) is 4.40. The number of amides is 1. The Morgan fingerprint density at radius 1 is 1.60 bits per heavy atom. The van der Waals surface area contributed by atoms with Crippen molar-refractivity contribution in [3.05, 3.63) is 24.2 Å². The van der Waals surface area contributed by atoms with E-state index in [1.807, 2.05) is 19.9 Å². The van der Waals surface area contributed by atoms with Crippen LogP contribution < -0.4 is 11.1 Å². The predicted molar refractivity (Wildman–Crippen MR) is 58.1 cm³/mol. The van der Waals surface area contributed by atoms with Gasteiger partial charge in [0, 0.05) is 24.1 Å². The zero-order valence-corrected chi connectivity index (χ0v) is 9.25. The van der Waals surface area contributed by atoms with Crippen LogP contribution in [0.5, 0.6) is 0 Å². The number of hydrogen-bond donors (Lipinski definition) is 2. The third kappa shape index (κ3) is 5.22. The predicted octanol–water partition coefficient (Wildman–Crippen LogP) is 1.41. The van der Waals surface area contributed by atoms with Gasteiger partial charge in [0.1, 0.15) is 0 Å². The Balaban J connectivity index is 2.20. The average molecular weight is 210 g/mol. The molecule has 0 aliphatic carbocycles. The van der Waals surface area contributed by atoms with Crippen LogP contribution in [0.25, 0.3) is 0 Å².